The molecule has 2 aromatic rings. The minimum atomic E-state index is -0.180. The predicted octanol–water partition coefficient (Wildman–Crippen LogP) is 2.97. The molecule has 140 valence electrons. The maximum atomic E-state index is 11.8. The molecule has 7 nitrogen and oxygen atoms in total. The van der Waals surface area contributed by atoms with Crippen LogP contribution in [0.25, 0.3) is 0 Å². The number of hydrogen-bond acceptors (Lipinski definition) is 9. The summed E-state index contributed by atoms with van der Waals surface area (Å²) in [5.74, 6) is 1.44. The van der Waals surface area contributed by atoms with Crippen molar-refractivity contribution in [1.82, 2.24) is 14.7 Å². The Labute approximate surface area is 165 Å². The summed E-state index contributed by atoms with van der Waals surface area (Å²) < 4.78 is 12.7. The van der Waals surface area contributed by atoms with Crippen molar-refractivity contribution < 1.29 is 14.3 Å². The lowest BCUT2D eigenvalue weighted by molar-refractivity contribution is -0.140. The molecule has 0 bridgehead atoms. The summed E-state index contributed by atoms with van der Waals surface area (Å²) in [6.45, 7) is 2.07. The number of benzene rings is 1. The van der Waals surface area contributed by atoms with Crippen molar-refractivity contribution in [2.45, 2.75) is 11.9 Å². The molecule has 1 aromatic carbocycles. The standard InChI is InChI=1S/C16H20N4O3S3/c1-22-12-6-4-3-5-11(12)17-15-18-20(16(24)26-15)10-19-7-8-25-13(9-19)14(21)23-2/h3-6,13H,7-10H2,1-2H3,(H,17,18)/t13-/m1/s1. The van der Waals surface area contributed by atoms with Crippen LogP contribution in [-0.4, -0.2) is 59.0 Å². The molecule has 0 spiro atoms. The number of ether oxygens (including phenoxy) is 2. The molecule has 1 aromatic heterocycles. The van der Waals surface area contributed by atoms with Crippen molar-refractivity contribution in [2.75, 3.05) is 38.4 Å². The molecule has 1 atom stereocenters. The fourth-order valence-electron chi connectivity index (χ4n) is 2.60. The molecule has 2 heterocycles. The molecule has 0 amide bonds. The molecule has 26 heavy (non-hydrogen) atoms. The number of methoxy groups -OCH3 is 2. The molecule has 0 aliphatic carbocycles. The second kappa shape index (κ2) is 8.85. The van der Waals surface area contributed by atoms with E-state index in [-0.39, 0.29) is 11.2 Å². The van der Waals surface area contributed by atoms with E-state index < -0.39 is 0 Å². The number of rotatable bonds is 6. The highest BCUT2D eigenvalue weighted by atomic mass is 32.2. The van der Waals surface area contributed by atoms with E-state index in [1.165, 1.54) is 18.4 Å². The number of nitrogens with one attached hydrogen (secondary N) is 1. The monoisotopic (exact) mass is 412 g/mol. The van der Waals surface area contributed by atoms with Crippen LogP contribution in [0, 0.1) is 3.95 Å². The van der Waals surface area contributed by atoms with Crippen molar-refractivity contribution in [2.24, 2.45) is 0 Å². The molecule has 1 aliphatic heterocycles. The third kappa shape index (κ3) is 4.56. The van der Waals surface area contributed by atoms with Gasteiger partial charge in [-0.3, -0.25) is 9.69 Å². The molecule has 0 radical (unpaired) electrons. The Kier molecular flexibility index (Phi) is 6.52. The van der Waals surface area contributed by atoms with E-state index in [4.69, 9.17) is 21.7 Å². The molecule has 1 fully saturated rings. The number of carbonyl (C=O) groups excluding carboxylic acids is 1. The van der Waals surface area contributed by atoms with Crippen molar-refractivity contribution in [1.29, 1.82) is 0 Å². The molecule has 3 rings (SSSR count). The highest BCUT2D eigenvalue weighted by molar-refractivity contribution is 8.00. The van der Waals surface area contributed by atoms with E-state index in [0.717, 1.165) is 23.7 Å². The van der Waals surface area contributed by atoms with E-state index >= 15 is 0 Å². The number of thioether (sulfide) groups is 1. The van der Waals surface area contributed by atoms with Gasteiger partial charge in [-0.2, -0.15) is 0 Å². The maximum Gasteiger partial charge on any atom is 0.320 e. The lowest BCUT2D eigenvalue weighted by atomic mass is 10.3. The number of para-hydroxylation sites is 2. The van der Waals surface area contributed by atoms with Gasteiger partial charge < -0.3 is 14.8 Å². The van der Waals surface area contributed by atoms with Crippen LogP contribution in [0.1, 0.15) is 0 Å². The van der Waals surface area contributed by atoms with Crippen LogP contribution in [0.4, 0.5) is 10.8 Å². The first-order valence-corrected chi connectivity index (χ1v) is 10.3. The molecular weight excluding hydrogens is 392 g/mol. The maximum absolute atomic E-state index is 11.8. The van der Waals surface area contributed by atoms with E-state index in [1.807, 2.05) is 24.3 Å². The zero-order valence-corrected chi connectivity index (χ0v) is 17.0. The van der Waals surface area contributed by atoms with Crippen LogP contribution in [-0.2, 0) is 16.2 Å². The smallest absolute Gasteiger partial charge is 0.320 e. The molecule has 1 aliphatic rings. The molecule has 0 saturated carbocycles. The lowest BCUT2D eigenvalue weighted by Crippen LogP contribution is -2.42. The number of anilines is 2. The zero-order valence-electron chi connectivity index (χ0n) is 14.5. The average molecular weight is 413 g/mol. The summed E-state index contributed by atoms with van der Waals surface area (Å²) in [5, 5.41) is 8.37. The highest BCUT2D eigenvalue weighted by Crippen LogP contribution is 2.28. The minimum Gasteiger partial charge on any atom is -0.495 e. The van der Waals surface area contributed by atoms with Gasteiger partial charge in [-0.15, -0.1) is 16.9 Å². The highest BCUT2D eigenvalue weighted by Gasteiger charge is 2.27. The summed E-state index contributed by atoms with van der Waals surface area (Å²) in [6, 6.07) is 7.66. The number of esters is 1. The van der Waals surface area contributed by atoms with Crippen LogP contribution in [0.5, 0.6) is 5.75 Å². The summed E-state index contributed by atoms with van der Waals surface area (Å²) in [7, 11) is 3.06. The first kappa shape index (κ1) is 19.2. The third-order valence-corrected chi connectivity index (χ3v) is 6.29. The first-order chi connectivity index (χ1) is 12.6. The van der Waals surface area contributed by atoms with Crippen molar-refractivity contribution in [3.05, 3.63) is 28.2 Å². The Morgan fingerprint density at radius 2 is 2.23 bits per heavy atom. The predicted molar refractivity (Wildman–Crippen MR) is 107 cm³/mol. The van der Waals surface area contributed by atoms with Gasteiger partial charge in [-0.1, -0.05) is 23.5 Å². The van der Waals surface area contributed by atoms with E-state index in [9.17, 15) is 4.79 Å². The molecule has 0 unspecified atom stereocenters. The first-order valence-electron chi connectivity index (χ1n) is 8.00. The van der Waals surface area contributed by atoms with Gasteiger partial charge in [0, 0.05) is 18.8 Å². The van der Waals surface area contributed by atoms with Gasteiger partial charge in [0.1, 0.15) is 11.0 Å². The Morgan fingerprint density at radius 1 is 1.42 bits per heavy atom. The third-order valence-electron chi connectivity index (χ3n) is 3.90. The molecule has 1 N–H and O–H groups in total. The summed E-state index contributed by atoms with van der Waals surface area (Å²) in [6.07, 6.45) is 0. The molecular formula is C16H20N4O3S3. The zero-order chi connectivity index (χ0) is 18.5. The average Bonchev–Trinajstić information content (AvgIpc) is 3.00. The summed E-state index contributed by atoms with van der Waals surface area (Å²) in [5.41, 5.74) is 0.839. The number of carbonyl (C=O) groups is 1. The van der Waals surface area contributed by atoms with Gasteiger partial charge >= 0.3 is 5.97 Å². The van der Waals surface area contributed by atoms with E-state index in [2.05, 4.69) is 15.3 Å². The van der Waals surface area contributed by atoms with Crippen LogP contribution in [0.2, 0.25) is 0 Å². The van der Waals surface area contributed by atoms with E-state index in [0.29, 0.717) is 22.3 Å². The van der Waals surface area contributed by atoms with Crippen molar-refractivity contribution in [3.8, 4) is 5.75 Å². The van der Waals surface area contributed by atoms with Crippen LogP contribution in [0.3, 0.4) is 0 Å². The molecule has 10 heteroatoms. The number of aromatic nitrogens is 2. The number of hydrogen-bond donors (Lipinski definition) is 1. The van der Waals surface area contributed by atoms with Gasteiger partial charge in [0.05, 0.1) is 26.6 Å². The van der Waals surface area contributed by atoms with Crippen molar-refractivity contribution in [3.63, 3.8) is 0 Å². The quantitative estimate of drug-likeness (QED) is 0.574. The van der Waals surface area contributed by atoms with Gasteiger partial charge in [0.15, 0.2) is 3.95 Å². The lowest BCUT2D eigenvalue weighted by Gasteiger charge is -2.30. The fraction of sp³-hybridized carbons (Fsp3) is 0.438. The van der Waals surface area contributed by atoms with Crippen LogP contribution >= 0.6 is 35.3 Å². The van der Waals surface area contributed by atoms with Crippen molar-refractivity contribution >= 4 is 52.1 Å². The molecule has 1 saturated heterocycles. The SMILES string of the molecule is COC(=O)[C@H]1CN(Cn2nc(Nc3ccccc3OC)sc2=S)CCS1. The largest absolute Gasteiger partial charge is 0.495 e. The minimum absolute atomic E-state index is 0.160. The van der Waals surface area contributed by atoms with E-state index in [1.54, 1.807) is 23.6 Å². The van der Waals surface area contributed by atoms with Gasteiger partial charge in [0.2, 0.25) is 5.13 Å². The normalized spacial score (nSPS) is 17.7. The van der Waals surface area contributed by atoms with Gasteiger partial charge in [-0.05, 0) is 24.4 Å². The van der Waals surface area contributed by atoms with Crippen LogP contribution in [0.15, 0.2) is 24.3 Å². The second-order valence-corrected chi connectivity index (χ2v) is 8.53. The fourth-order valence-corrected chi connectivity index (χ4v) is 4.81. The summed E-state index contributed by atoms with van der Waals surface area (Å²) >= 11 is 8.48. The topological polar surface area (TPSA) is 68.6 Å². The number of nitrogens with zero attached hydrogens (tertiary/aromatic N) is 3. The second-order valence-electron chi connectivity index (χ2n) is 5.60. The van der Waals surface area contributed by atoms with Gasteiger partial charge in [0.25, 0.3) is 0 Å². The Balaban J connectivity index is 1.68. The summed E-state index contributed by atoms with van der Waals surface area (Å²) in [4.78, 5) is 13.9. The Hall–Kier alpha value is -1.62. The Morgan fingerprint density at radius 3 is 3.00 bits per heavy atom. The van der Waals surface area contributed by atoms with Crippen LogP contribution < -0.4 is 10.1 Å². The van der Waals surface area contributed by atoms with Gasteiger partial charge in [-0.25, -0.2) is 4.68 Å². The Bertz CT molecular complexity index is 823.